The van der Waals surface area contributed by atoms with Crippen molar-refractivity contribution in [2.45, 2.75) is 25.7 Å². The molecule has 0 aliphatic heterocycles. The van der Waals surface area contributed by atoms with E-state index in [-0.39, 0.29) is 0 Å². The van der Waals surface area contributed by atoms with Crippen LogP contribution in [0.5, 0.6) is 11.5 Å². The molecule has 7 heteroatoms. The smallest absolute Gasteiger partial charge is 0.150 e. The maximum absolute atomic E-state index is 5.44. The molecule has 1 saturated carbocycles. The Labute approximate surface area is 183 Å². The number of ether oxygens (including phenoxy) is 2. The van der Waals surface area contributed by atoms with Gasteiger partial charge in [0, 0.05) is 44.9 Å². The molecule has 6 rings (SSSR count). The summed E-state index contributed by atoms with van der Waals surface area (Å²) in [7, 11) is 3.39. The molecule has 2 aromatic carbocycles. The minimum atomic E-state index is 0.569. The standard InChI is InChI=1S/C24H22N4O2S/c1-12-20(17-10-14(29-2)7-9-18(17)25-12)23-27-28-24(31-23)21-16-8-6-15(30-3)11-19(16)26-22(21)13-4-5-13/h6-11,13,25-26H,4-5H2,1-3H3. The molecule has 3 aromatic heterocycles. The van der Waals surface area contributed by atoms with Crippen LogP contribution in [-0.4, -0.2) is 34.4 Å². The third kappa shape index (κ3) is 2.91. The summed E-state index contributed by atoms with van der Waals surface area (Å²) < 4.78 is 10.9. The Morgan fingerprint density at radius 3 is 2.29 bits per heavy atom. The summed E-state index contributed by atoms with van der Waals surface area (Å²) in [5.74, 6) is 2.25. The zero-order valence-electron chi connectivity index (χ0n) is 17.6. The molecule has 31 heavy (non-hydrogen) atoms. The van der Waals surface area contributed by atoms with Crippen molar-refractivity contribution in [3.8, 4) is 32.6 Å². The average Bonchev–Trinajstić information content (AvgIpc) is 3.26. The first-order chi connectivity index (χ1) is 15.2. The number of hydrogen-bond donors (Lipinski definition) is 2. The van der Waals surface area contributed by atoms with Gasteiger partial charge < -0.3 is 19.4 Å². The molecule has 1 aliphatic carbocycles. The fourth-order valence-corrected chi connectivity index (χ4v) is 5.40. The largest absolute Gasteiger partial charge is 0.497 e. The van der Waals surface area contributed by atoms with Gasteiger partial charge in [-0.3, -0.25) is 0 Å². The number of nitrogens with zero attached hydrogens (tertiary/aromatic N) is 2. The van der Waals surface area contributed by atoms with Crippen LogP contribution in [0.25, 0.3) is 42.9 Å². The minimum absolute atomic E-state index is 0.569. The first-order valence-electron chi connectivity index (χ1n) is 10.4. The SMILES string of the molecule is COc1ccc2c(-c3nnc(-c4c(C)[nH]c5ccc(OC)cc45)s3)c(C3CC3)[nH]c2c1. The van der Waals surface area contributed by atoms with E-state index in [2.05, 4.69) is 45.3 Å². The van der Waals surface area contributed by atoms with Crippen molar-refractivity contribution < 1.29 is 9.47 Å². The normalized spacial score (nSPS) is 13.9. The van der Waals surface area contributed by atoms with Gasteiger partial charge in [-0.2, -0.15) is 0 Å². The van der Waals surface area contributed by atoms with Crippen LogP contribution in [0, 0.1) is 6.92 Å². The maximum Gasteiger partial charge on any atom is 0.150 e. The Morgan fingerprint density at radius 2 is 1.55 bits per heavy atom. The van der Waals surface area contributed by atoms with Crippen LogP contribution in [-0.2, 0) is 0 Å². The van der Waals surface area contributed by atoms with Crippen LogP contribution in [0.3, 0.4) is 0 Å². The molecule has 3 heterocycles. The van der Waals surface area contributed by atoms with Crippen molar-refractivity contribution in [3.05, 3.63) is 47.8 Å². The van der Waals surface area contributed by atoms with Crippen LogP contribution in [0.2, 0.25) is 0 Å². The van der Waals surface area contributed by atoms with E-state index in [1.165, 1.54) is 29.5 Å². The number of aryl methyl sites for hydroxylation is 1. The molecule has 2 N–H and O–H groups in total. The number of aromatic nitrogens is 4. The summed E-state index contributed by atoms with van der Waals surface area (Å²) in [5.41, 5.74) is 6.77. The molecular weight excluding hydrogens is 408 g/mol. The summed E-state index contributed by atoms with van der Waals surface area (Å²) in [6, 6.07) is 12.3. The molecule has 0 saturated heterocycles. The van der Waals surface area contributed by atoms with Crippen LogP contribution in [0.4, 0.5) is 0 Å². The van der Waals surface area contributed by atoms with E-state index in [0.717, 1.165) is 49.2 Å². The molecule has 1 fully saturated rings. The second-order valence-corrected chi connectivity index (χ2v) is 9.03. The van der Waals surface area contributed by atoms with Crippen molar-refractivity contribution in [3.63, 3.8) is 0 Å². The van der Waals surface area contributed by atoms with Gasteiger partial charge in [0.1, 0.15) is 11.5 Å². The van der Waals surface area contributed by atoms with E-state index in [0.29, 0.717) is 5.92 Å². The lowest BCUT2D eigenvalue weighted by Crippen LogP contribution is -1.84. The average molecular weight is 431 g/mol. The Balaban J connectivity index is 1.52. The van der Waals surface area contributed by atoms with Gasteiger partial charge in [-0.15, -0.1) is 10.2 Å². The molecule has 5 aromatic rings. The lowest BCUT2D eigenvalue weighted by atomic mass is 10.1. The number of fused-ring (bicyclic) bond motifs is 2. The number of nitrogens with one attached hydrogen (secondary N) is 2. The van der Waals surface area contributed by atoms with Gasteiger partial charge in [0.05, 0.1) is 19.7 Å². The molecule has 0 unspecified atom stereocenters. The van der Waals surface area contributed by atoms with Gasteiger partial charge in [0.15, 0.2) is 10.0 Å². The topological polar surface area (TPSA) is 75.8 Å². The number of rotatable bonds is 5. The first kappa shape index (κ1) is 18.4. The van der Waals surface area contributed by atoms with Crippen LogP contribution in [0.15, 0.2) is 36.4 Å². The van der Waals surface area contributed by atoms with Gasteiger partial charge >= 0.3 is 0 Å². The van der Waals surface area contributed by atoms with Crippen molar-refractivity contribution >= 4 is 33.1 Å². The minimum Gasteiger partial charge on any atom is -0.497 e. The Kier molecular flexibility index (Phi) is 4.08. The third-order valence-electron chi connectivity index (χ3n) is 6.07. The van der Waals surface area contributed by atoms with E-state index in [1.807, 2.05) is 18.2 Å². The highest BCUT2D eigenvalue weighted by atomic mass is 32.1. The maximum atomic E-state index is 5.44. The van der Waals surface area contributed by atoms with E-state index in [9.17, 15) is 0 Å². The molecule has 0 radical (unpaired) electrons. The molecular formula is C24H22N4O2S. The lowest BCUT2D eigenvalue weighted by molar-refractivity contribution is 0.415. The molecule has 0 bridgehead atoms. The van der Waals surface area contributed by atoms with Gasteiger partial charge in [-0.1, -0.05) is 11.3 Å². The number of benzene rings is 2. The van der Waals surface area contributed by atoms with Crippen LogP contribution < -0.4 is 9.47 Å². The zero-order chi connectivity index (χ0) is 21.1. The molecule has 0 amide bonds. The summed E-state index contributed by atoms with van der Waals surface area (Å²) in [6.07, 6.45) is 2.42. The van der Waals surface area contributed by atoms with Crippen LogP contribution >= 0.6 is 11.3 Å². The molecule has 0 spiro atoms. The Morgan fingerprint density at radius 1 is 0.839 bits per heavy atom. The highest BCUT2D eigenvalue weighted by Gasteiger charge is 2.31. The zero-order valence-corrected chi connectivity index (χ0v) is 18.4. The molecule has 1 aliphatic rings. The number of aromatic amines is 2. The lowest BCUT2D eigenvalue weighted by Gasteiger charge is -2.01. The summed E-state index contributed by atoms with van der Waals surface area (Å²) in [6.45, 7) is 2.08. The van der Waals surface area contributed by atoms with Crippen molar-refractivity contribution in [2.24, 2.45) is 0 Å². The van der Waals surface area contributed by atoms with Crippen LogP contribution in [0.1, 0.15) is 30.1 Å². The second kappa shape index (κ2) is 6.85. The molecule has 6 nitrogen and oxygen atoms in total. The highest BCUT2D eigenvalue weighted by molar-refractivity contribution is 7.18. The monoisotopic (exact) mass is 430 g/mol. The van der Waals surface area contributed by atoms with E-state index in [4.69, 9.17) is 9.47 Å². The van der Waals surface area contributed by atoms with E-state index < -0.39 is 0 Å². The fraction of sp³-hybridized carbons (Fsp3) is 0.250. The van der Waals surface area contributed by atoms with Gasteiger partial charge in [-0.05, 0) is 56.0 Å². The Bertz CT molecular complexity index is 1440. The number of H-pyrrole nitrogens is 2. The van der Waals surface area contributed by atoms with Gasteiger partial charge in [0.25, 0.3) is 0 Å². The number of hydrogen-bond acceptors (Lipinski definition) is 5. The van der Waals surface area contributed by atoms with Crippen molar-refractivity contribution in [2.75, 3.05) is 14.2 Å². The summed E-state index contributed by atoms with van der Waals surface area (Å²) in [5, 5.41) is 13.4. The predicted octanol–water partition coefficient (Wildman–Crippen LogP) is 6.04. The van der Waals surface area contributed by atoms with Gasteiger partial charge in [0.2, 0.25) is 0 Å². The quantitative estimate of drug-likeness (QED) is 0.356. The number of methoxy groups -OCH3 is 2. The highest BCUT2D eigenvalue weighted by Crippen LogP contribution is 2.48. The van der Waals surface area contributed by atoms with Crippen molar-refractivity contribution in [1.29, 1.82) is 0 Å². The molecule has 0 atom stereocenters. The van der Waals surface area contributed by atoms with Gasteiger partial charge in [-0.25, -0.2) is 0 Å². The summed E-state index contributed by atoms with van der Waals surface area (Å²) >= 11 is 1.64. The molecule has 156 valence electrons. The predicted molar refractivity (Wildman–Crippen MR) is 124 cm³/mol. The Hall–Kier alpha value is -3.32. The van der Waals surface area contributed by atoms with Crippen molar-refractivity contribution in [1.82, 2.24) is 20.2 Å². The first-order valence-corrected chi connectivity index (χ1v) is 11.2. The summed E-state index contributed by atoms with van der Waals surface area (Å²) in [4.78, 5) is 7.10. The fourth-order valence-electron chi connectivity index (χ4n) is 4.37. The van der Waals surface area contributed by atoms with E-state index in [1.54, 1.807) is 25.6 Å². The van der Waals surface area contributed by atoms with E-state index >= 15 is 0 Å². The second-order valence-electron chi connectivity index (χ2n) is 8.05. The third-order valence-corrected chi connectivity index (χ3v) is 7.02.